The van der Waals surface area contributed by atoms with Crippen LogP contribution >= 0.6 is 23.4 Å². The minimum atomic E-state index is -1.14. The van der Waals surface area contributed by atoms with Crippen molar-refractivity contribution in [3.63, 3.8) is 0 Å². The van der Waals surface area contributed by atoms with E-state index in [-0.39, 0.29) is 39.3 Å². The lowest BCUT2D eigenvalue weighted by Gasteiger charge is -2.27. The largest absolute Gasteiger partial charge is 0.481 e. The number of thioether (sulfide) groups is 1. The highest BCUT2D eigenvalue weighted by Crippen LogP contribution is 2.37. The fourth-order valence-corrected chi connectivity index (χ4v) is 4.02. The van der Waals surface area contributed by atoms with E-state index in [4.69, 9.17) is 11.6 Å². The zero-order chi connectivity index (χ0) is 18.7. The number of Topliss-reactive ketones (excluding diaryl/α,β-unsaturated/α-hetero) is 1. The molecule has 0 aromatic heterocycles. The Balaban J connectivity index is 2.55. The van der Waals surface area contributed by atoms with Gasteiger partial charge in [-0.3, -0.25) is 14.4 Å². The van der Waals surface area contributed by atoms with Crippen LogP contribution in [0, 0.1) is 5.92 Å². The third-order valence-electron chi connectivity index (χ3n) is 3.85. The molecule has 0 saturated carbocycles. The molecule has 1 heterocycles. The maximum Gasteiger partial charge on any atom is 0.308 e. The fraction of sp³-hybridized carbons (Fsp3) is 0.389. The molecular weight excluding hydrogens is 362 g/mol. The number of benzene rings is 1. The predicted molar refractivity (Wildman–Crippen MR) is 98.9 cm³/mol. The van der Waals surface area contributed by atoms with E-state index in [1.54, 1.807) is 35.4 Å². The molecule has 0 unspecified atom stereocenters. The van der Waals surface area contributed by atoms with E-state index in [1.807, 2.05) is 13.8 Å². The number of hydrogen-bond acceptors (Lipinski definition) is 4. The Hall–Kier alpha value is -1.79. The van der Waals surface area contributed by atoms with Crippen molar-refractivity contribution in [2.75, 3.05) is 12.8 Å². The zero-order valence-corrected chi connectivity index (χ0v) is 15.9. The number of amides is 1. The van der Waals surface area contributed by atoms with Crippen molar-refractivity contribution in [2.24, 2.45) is 5.92 Å². The molecule has 1 aliphatic rings. The Morgan fingerprint density at radius 1 is 1.32 bits per heavy atom. The third kappa shape index (κ3) is 4.07. The fourth-order valence-electron chi connectivity index (χ4n) is 2.88. The average molecular weight is 382 g/mol. The first kappa shape index (κ1) is 19.5. The second-order valence-electron chi connectivity index (χ2n) is 6.21. The molecule has 1 N–H and O–H groups in total. The van der Waals surface area contributed by atoms with Crippen molar-refractivity contribution < 1.29 is 19.5 Å². The number of aliphatic carboxylic acids is 1. The van der Waals surface area contributed by atoms with Crippen LogP contribution in [-0.2, 0) is 9.59 Å². The van der Waals surface area contributed by atoms with Crippen LogP contribution in [0.15, 0.2) is 35.4 Å². The summed E-state index contributed by atoms with van der Waals surface area (Å²) in [6, 6.07) is 6.59. The lowest BCUT2D eigenvalue weighted by molar-refractivity contribution is -0.137. The summed E-state index contributed by atoms with van der Waals surface area (Å²) >= 11 is 7.48. The van der Waals surface area contributed by atoms with Crippen LogP contribution in [0.5, 0.6) is 0 Å². The number of ketones is 1. The monoisotopic (exact) mass is 381 g/mol. The van der Waals surface area contributed by atoms with E-state index < -0.39 is 17.8 Å². The van der Waals surface area contributed by atoms with Gasteiger partial charge in [-0.2, -0.15) is 0 Å². The first-order chi connectivity index (χ1) is 11.8. The molecular formula is C18H20ClNO4S. The van der Waals surface area contributed by atoms with Crippen molar-refractivity contribution in [1.82, 2.24) is 4.90 Å². The summed E-state index contributed by atoms with van der Waals surface area (Å²) in [4.78, 5) is 38.7. The summed E-state index contributed by atoms with van der Waals surface area (Å²) in [6.07, 6.45) is 1.32. The van der Waals surface area contributed by atoms with Gasteiger partial charge in [-0.25, -0.2) is 0 Å². The minimum Gasteiger partial charge on any atom is -0.481 e. The van der Waals surface area contributed by atoms with E-state index in [1.165, 1.54) is 11.8 Å². The number of hydrogen-bond donors (Lipinski definition) is 1. The van der Waals surface area contributed by atoms with Crippen molar-refractivity contribution in [2.45, 2.75) is 25.6 Å². The molecule has 134 valence electrons. The highest BCUT2D eigenvalue weighted by atomic mass is 35.5. The van der Waals surface area contributed by atoms with Gasteiger partial charge in [-0.05, 0) is 24.3 Å². The minimum absolute atomic E-state index is 0.0532. The van der Waals surface area contributed by atoms with Crippen LogP contribution in [0.1, 0.15) is 30.6 Å². The molecule has 0 saturated heterocycles. The third-order valence-corrected chi connectivity index (χ3v) is 5.12. The Labute approximate surface area is 156 Å². The number of carboxylic acid groups (broad SMARTS) is 1. The summed E-state index contributed by atoms with van der Waals surface area (Å²) in [5.41, 5.74) is 0.561. The molecule has 1 aromatic rings. The van der Waals surface area contributed by atoms with Gasteiger partial charge >= 0.3 is 5.97 Å². The van der Waals surface area contributed by atoms with Gasteiger partial charge in [0.1, 0.15) is 5.37 Å². The topological polar surface area (TPSA) is 74.7 Å². The SMILES string of the molecule is CS[C@@H]1C(C(=O)c2ccccc2Cl)=C(CC(=O)O)C(=O)N1CC(C)C. The van der Waals surface area contributed by atoms with Crippen molar-refractivity contribution in [3.8, 4) is 0 Å². The number of rotatable bonds is 7. The Kier molecular flexibility index (Phi) is 6.30. The van der Waals surface area contributed by atoms with Gasteiger partial charge in [0.15, 0.2) is 5.78 Å². The van der Waals surface area contributed by atoms with Gasteiger partial charge in [0.25, 0.3) is 5.91 Å². The molecule has 1 amide bonds. The maximum atomic E-state index is 13.1. The molecule has 1 atom stereocenters. The number of carbonyl (C=O) groups is 3. The summed E-state index contributed by atoms with van der Waals surface area (Å²) in [5.74, 6) is -1.72. The van der Waals surface area contributed by atoms with Gasteiger partial charge in [0.05, 0.1) is 11.4 Å². The Morgan fingerprint density at radius 3 is 2.48 bits per heavy atom. The molecule has 0 radical (unpaired) electrons. The van der Waals surface area contributed by atoms with Crippen molar-refractivity contribution in [3.05, 3.63) is 46.0 Å². The quantitative estimate of drug-likeness (QED) is 0.732. The van der Waals surface area contributed by atoms with Crippen LogP contribution in [-0.4, -0.2) is 45.8 Å². The Morgan fingerprint density at radius 2 is 1.96 bits per heavy atom. The molecule has 5 nitrogen and oxygen atoms in total. The zero-order valence-electron chi connectivity index (χ0n) is 14.3. The second-order valence-corrected chi connectivity index (χ2v) is 7.54. The van der Waals surface area contributed by atoms with E-state index in [9.17, 15) is 19.5 Å². The number of nitrogens with zero attached hydrogens (tertiary/aromatic N) is 1. The molecule has 0 fully saturated rings. The molecule has 1 aliphatic heterocycles. The van der Waals surface area contributed by atoms with E-state index in [2.05, 4.69) is 0 Å². The maximum absolute atomic E-state index is 13.1. The van der Waals surface area contributed by atoms with Crippen LogP contribution in [0.2, 0.25) is 5.02 Å². The standard InChI is InChI=1S/C18H20ClNO4S/c1-10(2)9-20-17(24)12(8-14(21)22)15(18(20)25-3)16(23)11-6-4-5-7-13(11)19/h4-7,10,18H,8-9H2,1-3H3,(H,21,22)/t18-/m1/s1. The summed E-state index contributed by atoms with van der Waals surface area (Å²) in [6.45, 7) is 4.39. The smallest absolute Gasteiger partial charge is 0.308 e. The lowest BCUT2D eigenvalue weighted by Crippen LogP contribution is -2.37. The van der Waals surface area contributed by atoms with E-state index in [0.717, 1.165) is 0 Å². The number of carbonyl (C=O) groups excluding carboxylic acids is 2. The van der Waals surface area contributed by atoms with Crippen LogP contribution < -0.4 is 0 Å². The van der Waals surface area contributed by atoms with Gasteiger partial charge in [-0.1, -0.05) is 37.6 Å². The molecule has 7 heteroatoms. The molecule has 2 rings (SSSR count). The van der Waals surface area contributed by atoms with Crippen molar-refractivity contribution in [1.29, 1.82) is 0 Å². The highest BCUT2D eigenvalue weighted by Gasteiger charge is 2.42. The van der Waals surface area contributed by atoms with Crippen LogP contribution in [0.3, 0.4) is 0 Å². The van der Waals surface area contributed by atoms with Crippen LogP contribution in [0.4, 0.5) is 0 Å². The van der Waals surface area contributed by atoms with Gasteiger partial charge in [0, 0.05) is 23.3 Å². The van der Waals surface area contributed by atoms with Gasteiger partial charge in [-0.15, -0.1) is 11.8 Å². The van der Waals surface area contributed by atoms with Crippen LogP contribution in [0.25, 0.3) is 0 Å². The van der Waals surface area contributed by atoms with Gasteiger partial charge < -0.3 is 10.0 Å². The molecule has 1 aromatic carbocycles. The van der Waals surface area contributed by atoms with Crippen molar-refractivity contribution >= 4 is 41.0 Å². The summed E-state index contributed by atoms with van der Waals surface area (Å²) in [5, 5.41) is 8.97. The normalized spacial score (nSPS) is 17.6. The predicted octanol–water partition coefficient (Wildman–Crippen LogP) is 3.48. The van der Waals surface area contributed by atoms with Gasteiger partial charge in [0.2, 0.25) is 0 Å². The average Bonchev–Trinajstić information content (AvgIpc) is 2.78. The molecule has 0 aliphatic carbocycles. The molecule has 0 bridgehead atoms. The van der Waals surface area contributed by atoms with E-state index >= 15 is 0 Å². The lowest BCUT2D eigenvalue weighted by atomic mass is 9.98. The Bertz CT molecular complexity index is 744. The summed E-state index contributed by atoms with van der Waals surface area (Å²) < 4.78 is 0. The molecule has 0 spiro atoms. The summed E-state index contributed by atoms with van der Waals surface area (Å²) in [7, 11) is 0. The number of halogens is 1. The highest BCUT2D eigenvalue weighted by molar-refractivity contribution is 7.99. The molecule has 25 heavy (non-hydrogen) atoms. The second kappa shape index (κ2) is 8.06. The number of carboxylic acids is 1. The van der Waals surface area contributed by atoms with E-state index in [0.29, 0.717) is 6.54 Å². The first-order valence-corrected chi connectivity index (χ1v) is 9.52. The first-order valence-electron chi connectivity index (χ1n) is 7.85.